The molecule has 1 atom stereocenters. The third-order valence-corrected chi connectivity index (χ3v) is 6.81. The molecule has 26 heavy (non-hydrogen) atoms. The van der Waals surface area contributed by atoms with E-state index in [2.05, 4.69) is 6.07 Å². The standard InChI is InChI=1S/C19H16FN3O2S/c20-12-3-5-13(6-4-12)23-17-8-7-14(24)10-15(17)16(11-21)19(23)18-2-1-9-26(18,22)25/h3-8,10,24H,1-2,9H2,(H2,22,25). The number of halogens is 1. The van der Waals surface area contributed by atoms with Crippen molar-refractivity contribution in [1.82, 2.24) is 4.57 Å². The van der Waals surface area contributed by atoms with Gasteiger partial charge in [0.25, 0.3) is 0 Å². The summed E-state index contributed by atoms with van der Waals surface area (Å²) >= 11 is 0. The number of phenolic OH excluding ortho intramolecular Hbond substituents is 1. The van der Waals surface area contributed by atoms with Gasteiger partial charge in [-0.3, -0.25) is 9.35 Å². The van der Waals surface area contributed by atoms with E-state index in [4.69, 9.17) is 5.14 Å². The van der Waals surface area contributed by atoms with Crippen LogP contribution >= 0.6 is 0 Å². The first-order valence-electron chi connectivity index (χ1n) is 8.12. The summed E-state index contributed by atoms with van der Waals surface area (Å²) in [6, 6.07) is 12.7. The molecule has 1 aromatic heterocycles. The second kappa shape index (κ2) is 5.87. The van der Waals surface area contributed by atoms with E-state index in [-0.39, 0.29) is 11.6 Å². The number of aromatic hydroxyl groups is 1. The minimum absolute atomic E-state index is 0.0294. The van der Waals surface area contributed by atoms with Gasteiger partial charge in [-0.2, -0.15) is 5.26 Å². The molecule has 0 bridgehead atoms. The van der Waals surface area contributed by atoms with Crippen LogP contribution in [0.4, 0.5) is 4.39 Å². The molecule has 132 valence electrons. The number of benzene rings is 2. The van der Waals surface area contributed by atoms with E-state index in [0.29, 0.717) is 51.3 Å². The lowest BCUT2D eigenvalue weighted by molar-refractivity contribution is 0.476. The Labute approximate surface area is 150 Å². The van der Waals surface area contributed by atoms with Crippen LogP contribution in [-0.4, -0.2) is 24.5 Å². The summed E-state index contributed by atoms with van der Waals surface area (Å²) in [7, 11) is -2.71. The molecule has 5 nitrogen and oxygen atoms in total. The monoisotopic (exact) mass is 369 g/mol. The van der Waals surface area contributed by atoms with Crippen LogP contribution in [0, 0.1) is 17.1 Å². The maximum Gasteiger partial charge on any atom is 0.123 e. The number of nitrogens with two attached hydrogens (primary N) is 1. The van der Waals surface area contributed by atoms with E-state index in [1.807, 2.05) is 0 Å². The van der Waals surface area contributed by atoms with Crippen molar-refractivity contribution in [3.63, 3.8) is 0 Å². The van der Waals surface area contributed by atoms with Crippen molar-refractivity contribution in [2.75, 3.05) is 5.75 Å². The van der Waals surface area contributed by atoms with Gasteiger partial charge in [-0.25, -0.2) is 4.39 Å². The first-order valence-corrected chi connectivity index (χ1v) is 9.91. The van der Waals surface area contributed by atoms with E-state index in [1.165, 1.54) is 24.3 Å². The van der Waals surface area contributed by atoms with Crippen LogP contribution in [0.3, 0.4) is 0 Å². The van der Waals surface area contributed by atoms with Gasteiger partial charge in [0.05, 0.1) is 16.8 Å². The van der Waals surface area contributed by atoms with Crippen molar-refractivity contribution in [3.05, 3.63) is 59.5 Å². The highest BCUT2D eigenvalue weighted by molar-refractivity contribution is 8.01. The molecule has 3 aromatic rings. The molecule has 2 aromatic carbocycles. The molecule has 1 aliphatic heterocycles. The van der Waals surface area contributed by atoms with Gasteiger partial charge in [0.1, 0.15) is 17.6 Å². The van der Waals surface area contributed by atoms with Crippen molar-refractivity contribution in [2.24, 2.45) is 5.14 Å². The molecule has 1 unspecified atom stereocenters. The van der Waals surface area contributed by atoms with Crippen LogP contribution in [0.5, 0.6) is 5.75 Å². The van der Waals surface area contributed by atoms with Crippen molar-refractivity contribution in [2.45, 2.75) is 12.8 Å². The SMILES string of the molecule is N#Cc1c(C2=S(N)(=O)CCC2)n(-c2ccc(F)cc2)c2ccc(O)cc12. The van der Waals surface area contributed by atoms with E-state index < -0.39 is 9.71 Å². The maximum absolute atomic E-state index is 13.4. The third-order valence-electron chi connectivity index (χ3n) is 4.68. The quantitative estimate of drug-likeness (QED) is 0.681. The Hall–Kier alpha value is -2.82. The van der Waals surface area contributed by atoms with Crippen LogP contribution in [0.2, 0.25) is 0 Å². The number of fused-ring (bicyclic) bond motifs is 1. The van der Waals surface area contributed by atoms with Gasteiger partial charge >= 0.3 is 0 Å². The molecule has 1 aliphatic rings. The topological polar surface area (TPSA) is 92.0 Å². The Balaban J connectivity index is 2.19. The zero-order valence-electron chi connectivity index (χ0n) is 13.8. The number of hydrogen-bond acceptors (Lipinski definition) is 3. The van der Waals surface area contributed by atoms with Crippen molar-refractivity contribution in [3.8, 4) is 17.5 Å². The fraction of sp³-hybridized carbons (Fsp3) is 0.158. The highest BCUT2D eigenvalue weighted by Crippen LogP contribution is 2.34. The molecule has 0 amide bonds. The Kier molecular flexibility index (Phi) is 3.75. The zero-order valence-corrected chi connectivity index (χ0v) is 14.6. The Bertz CT molecular complexity index is 1200. The lowest BCUT2D eigenvalue weighted by Crippen LogP contribution is -2.23. The number of aromatic nitrogens is 1. The summed E-state index contributed by atoms with van der Waals surface area (Å²) in [5.74, 6) is 0.0337. The largest absolute Gasteiger partial charge is 0.508 e. The summed E-state index contributed by atoms with van der Waals surface area (Å²) < 4.78 is 28.1. The maximum atomic E-state index is 13.4. The normalized spacial score (nSPS) is 19.8. The van der Waals surface area contributed by atoms with Gasteiger partial charge in [-0.15, -0.1) is 0 Å². The average molecular weight is 369 g/mol. The molecule has 3 N–H and O–H groups in total. The van der Waals surface area contributed by atoms with Crippen LogP contribution in [0.1, 0.15) is 24.1 Å². The highest BCUT2D eigenvalue weighted by Gasteiger charge is 2.28. The summed E-state index contributed by atoms with van der Waals surface area (Å²) in [5, 5.41) is 26.3. The fourth-order valence-corrected chi connectivity index (χ4v) is 5.37. The van der Waals surface area contributed by atoms with Gasteiger partial charge in [-0.05, 0) is 55.3 Å². The highest BCUT2D eigenvalue weighted by atomic mass is 32.2. The lowest BCUT2D eigenvalue weighted by Gasteiger charge is -2.13. The Morgan fingerprint density at radius 1 is 1.23 bits per heavy atom. The predicted octanol–water partition coefficient (Wildman–Crippen LogP) is 2.82. The molecule has 0 saturated heterocycles. The molecule has 2 heterocycles. The molecule has 0 saturated carbocycles. The van der Waals surface area contributed by atoms with Gasteiger partial charge < -0.3 is 9.67 Å². The molecule has 0 fully saturated rings. The molecule has 4 rings (SSSR count). The first-order chi connectivity index (χ1) is 12.4. The van der Waals surface area contributed by atoms with Crippen LogP contribution in [0.25, 0.3) is 16.6 Å². The Morgan fingerprint density at radius 3 is 2.58 bits per heavy atom. The summed E-state index contributed by atoms with van der Waals surface area (Å²) in [5.41, 5.74) is 2.10. The average Bonchev–Trinajstić information content (AvgIpc) is 3.11. The zero-order chi connectivity index (χ0) is 18.5. The number of phenols is 1. The van der Waals surface area contributed by atoms with Crippen LogP contribution in [0.15, 0.2) is 42.5 Å². The first kappa shape index (κ1) is 16.6. The van der Waals surface area contributed by atoms with E-state index >= 15 is 0 Å². The Morgan fingerprint density at radius 2 is 1.96 bits per heavy atom. The van der Waals surface area contributed by atoms with Crippen molar-refractivity contribution < 1.29 is 13.7 Å². The molecular weight excluding hydrogens is 353 g/mol. The fourth-order valence-electron chi connectivity index (χ4n) is 3.54. The van der Waals surface area contributed by atoms with Gasteiger partial charge in [-0.1, -0.05) is 0 Å². The minimum Gasteiger partial charge on any atom is -0.508 e. The van der Waals surface area contributed by atoms with Crippen LogP contribution < -0.4 is 5.14 Å². The van der Waals surface area contributed by atoms with Crippen molar-refractivity contribution in [1.29, 1.82) is 5.26 Å². The second-order valence-electron chi connectivity index (χ2n) is 6.31. The van der Waals surface area contributed by atoms with Crippen LogP contribution in [-0.2, 0) is 9.71 Å². The van der Waals surface area contributed by atoms with E-state index in [0.717, 1.165) is 0 Å². The van der Waals surface area contributed by atoms with Gasteiger partial charge in [0, 0.05) is 31.4 Å². The lowest BCUT2D eigenvalue weighted by atomic mass is 10.1. The minimum atomic E-state index is -2.71. The van der Waals surface area contributed by atoms with E-state index in [9.17, 15) is 19.0 Å². The summed E-state index contributed by atoms with van der Waals surface area (Å²) in [6.07, 6.45) is 1.22. The number of rotatable bonds is 2. The van der Waals surface area contributed by atoms with E-state index in [1.54, 1.807) is 22.8 Å². The van der Waals surface area contributed by atoms with Gasteiger partial charge in [0.15, 0.2) is 0 Å². The predicted molar refractivity (Wildman–Crippen MR) is 100 cm³/mol. The summed E-state index contributed by atoms with van der Waals surface area (Å²) in [6.45, 7) is 0. The molecule has 7 heteroatoms. The number of hydrogen-bond donors (Lipinski definition) is 2. The van der Waals surface area contributed by atoms with Crippen molar-refractivity contribution >= 4 is 25.5 Å². The summed E-state index contributed by atoms with van der Waals surface area (Å²) in [4.78, 5) is 0.550. The molecule has 0 aliphatic carbocycles. The molecule has 0 radical (unpaired) electrons. The second-order valence-corrected chi connectivity index (χ2v) is 8.66. The molecular formula is C19H16FN3O2S. The molecule has 0 spiro atoms. The smallest absolute Gasteiger partial charge is 0.123 e. The van der Waals surface area contributed by atoms with Gasteiger partial charge in [0.2, 0.25) is 0 Å². The number of nitrogens with zero attached hydrogens (tertiary/aromatic N) is 2. The third kappa shape index (κ3) is 2.46. The number of nitriles is 1.